The molecule has 1 amide bonds. The number of hydrogen-bond donors (Lipinski definition) is 1. The molecule has 128 valence electrons. The van der Waals surface area contributed by atoms with Crippen LogP contribution in [0.4, 0.5) is 0 Å². The molecule has 0 aliphatic rings. The van der Waals surface area contributed by atoms with Gasteiger partial charge in [-0.05, 0) is 48.7 Å². The fourth-order valence-electron chi connectivity index (χ4n) is 2.60. The van der Waals surface area contributed by atoms with Crippen LogP contribution in [-0.4, -0.2) is 16.6 Å². The van der Waals surface area contributed by atoms with Gasteiger partial charge in [-0.2, -0.15) is 0 Å². The predicted octanol–water partition coefficient (Wildman–Crippen LogP) is 4.91. The lowest BCUT2D eigenvalue weighted by molar-refractivity contribution is -0.118. The van der Waals surface area contributed by atoms with Crippen molar-refractivity contribution in [3.05, 3.63) is 70.2 Å². The van der Waals surface area contributed by atoms with Crippen LogP contribution in [0.15, 0.2) is 53.6 Å². The Morgan fingerprint density at radius 3 is 2.64 bits per heavy atom. The largest absolute Gasteiger partial charge is 0.351 e. The van der Waals surface area contributed by atoms with E-state index >= 15 is 0 Å². The highest BCUT2D eigenvalue weighted by Gasteiger charge is 2.08. The first-order valence-electron chi connectivity index (χ1n) is 8.04. The molecule has 3 nitrogen and oxygen atoms in total. The van der Waals surface area contributed by atoms with Crippen molar-refractivity contribution in [2.45, 2.75) is 25.4 Å². The standard InChI is InChI=1S/C20H19ClN2OS/c1-13-4-3-5-17-14(2)10-19(23-20(13)17)25-12-18(24)22-11-15-6-8-16(21)9-7-15/h3-10H,11-12H2,1-2H3,(H,22,24). The van der Waals surface area contributed by atoms with E-state index in [1.807, 2.05) is 36.4 Å². The molecule has 0 spiro atoms. The molecule has 3 rings (SSSR count). The lowest BCUT2D eigenvalue weighted by atomic mass is 10.1. The maximum absolute atomic E-state index is 12.1. The summed E-state index contributed by atoms with van der Waals surface area (Å²) in [5.74, 6) is 0.335. The zero-order valence-electron chi connectivity index (χ0n) is 14.2. The van der Waals surface area contributed by atoms with Crippen LogP contribution in [0.2, 0.25) is 5.02 Å². The Morgan fingerprint density at radius 1 is 1.12 bits per heavy atom. The molecule has 1 N–H and O–H groups in total. The Kier molecular flexibility index (Phi) is 5.61. The number of aromatic nitrogens is 1. The summed E-state index contributed by atoms with van der Waals surface area (Å²) in [5.41, 5.74) is 4.36. The van der Waals surface area contributed by atoms with Crippen LogP contribution < -0.4 is 5.32 Å². The van der Waals surface area contributed by atoms with E-state index < -0.39 is 0 Å². The number of amides is 1. The van der Waals surface area contributed by atoms with Gasteiger partial charge in [0.2, 0.25) is 5.91 Å². The van der Waals surface area contributed by atoms with Crippen molar-refractivity contribution >= 4 is 40.2 Å². The third-order valence-corrected chi connectivity index (χ3v) is 5.14. The lowest BCUT2D eigenvalue weighted by Gasteiger charge is -2.09. The summed E-state index contributed by atoms with van der Waals surface area (Å²) in [4.78, 5) is 16.8. The molecular weight excluding hydrogens is 352 g/mol. The first-order valence-corrected chi connectivity index (χ1v) is 9.40. The summed E-state index contributed by atoms with van der Waals surface area (Å²) >= 11 is 7.32. The second-order valence-electron chi connectivity index (χ2n) is 5.94. The van der Waals surface area contributed by atoms with Crippen molar-refractivity contribution < 1.29 is 4.79 Å². The Morgan fingerprint density at radius 2 is 1.88 bits per heavy atom. The number of carbonyl (C=O) groups excluding carboxylic acids is 1. The van der Waals surface area contributed by atoms with E-state index in [1.54, 1.807) is 0 Å². The van der Waals surface area contributed by atoms with E-state index in [4.69, 9.17) is 16.6 Å². The summed E-state index contributed by atoms with van der Waals surface area (Å²) < 4.78 is 0. The number of thioether (sulfide) groups is 1. The van der Waals surface area contributed by atoms with E-state index in [1.165, 1.54) is 17.3 Å². The third-order valence-electron chi connectivity index (χ3n) is 3.98. The van der Waals surface area contributed by atoms with Gasteiger partial charge in [-0.15, -0.1) is 0 Å². The molecule has 0 saturated carbocycles. The number of fused-ring (bicyclic) bond motifs is 1. The Bertz CT molecular complexity index is 909. The van der Waals surface area contributed by atoms with Crippen molar-refractivity contribution in [3.63, 3.8) is 0 Å². The molecular formula is C20H19ClN2OS. The van der Waals surface area contributed by atoms with Gasteiger partial charge >= 0.3 is 0 Å². The van der Waals surface area contributed by atoms with E-state index in [9.17, 15) is 4.79 Å². The smallest absolute Gasteiger partial charge is 0.230 e. The molecule has 3 aromatic rings. The average molecular weight is 371 g/mol. The van der Waals surface area contributed by atoms with Gasteiger partial charge in [0.05, 0.1) is 16.3 Å². The topological polar surface area (TPSA) is 42.0 Å². The molecule has 0 atom stereocenters. The molecule has 0 fully saturated rings. The van der Waals surface area contributed by atoms with Crippen molar-refractivity contribution in [2.75, 3.05) is 5.75 Å². The number of hydrogen-bond acceptors (Lipinski definition) is 3. The van der Waals surface area contributed by atoms with Gasteiger partial charge in [0.25, 0.3) is 0 Å². The van der Waals surface area contributed by atoms with Crippen molar-refractivity contribution in [3.8, 4) is 0 Å². The summed E-state index contributed by atoms with van der Waals surface area (Å²) in [6.45, 7) is 4.63. The molecule has 0 unspecified atom stereocenters. The molecule has 1 heterocycles. The highest BCUT2D eigenvalue weighted by atomic mass is 35.5. The van der Waals surface area contributed by atoms with Crippen LogP contribution in [0.1, 0.15) is 16.7 Å². The third kappa shape index (κ3) is 4.53. The molecule has 5 heteroatoms. The van der Waals surface area contributed by atoms with E-state index in [0.29, 0.717) is 17.3 Å². The van der Waals surface area contributed by atoms with E-state index in [-0.39, 0.29) is 5.91 Å². The van der Waals surface area contributed by atoms with Crippen molar-refractivity contribution in [2.24, 2.45) is 0 Å². The minimum Gasteiger partial charge on any atom is -0.351 e. The van der Waals surface area contributed by atoms with Gasteiger partial charge in [-0.25, -0.2) is 4.98 Å². The fraction of sp³-hybridized carbons (Fsp3) is 0.200. The number of benzene rings is 2. The highest BCUT2D eigenvalue weighted by molar-refractivity contribution is 7.99. The zero-order valence-corrected chi connectivity index (χ0v) is 15.7. The number of nitrogens with one attached hydrogen (secondary N) is 1. The van der Waals surface area contributed by atoms with Crippen LogP contribution in [0.25, 0.3) is 10.9 Å². The molecule has 25 heavy (non-hydrogen) atoms. The number of carbonyl (C=O) groups is 1. The van der Waals surface area contributed by atoms with Crippen LogP contribution in [0, 0.1) is 13.8 Å². The Balaban J connectivity index is 1.61. The molecule has 0 radical (unpaired) electrons. The Hall–Kier alpha value is -2.04. The molecule has 1 aromatic heterocycles. The number of para-hydroxylation sites is 1. The average Bonchev–Trinajstić information content (AvgIpc) is 2.60. The number of aryl methyl sites for hydroxylation is 2. The second kappa shape index (κ2) is 7.89. The predicted molar refractivity (Wildman–Crippen MR) is 105 cm³/mol. The zero-order chi connectivity index (χ0) is 17.8. The van der Waals surface area contributed by atoms with Crippen LogP contribution >= 0.6 is 23.4 Å². The molecule has 0 bridgehead atoms. The molecule has 0 saturated heterocycles. The first kappa shape index (κ1) is 17.8. The van der Waals surface area contributed by atoms with Crippen molar-refractivity contribution in [1.82, 2.24) is 10.3 Å². The minimum absolute atomic E-state index is 0.00992. The monoisotopic (exact) mass is 370 g/mol. The summed E-state index contributed by atoms with van der Waals surface area (Å²) in [5, 5.41) is 5.65. The van der Waals surface area contributed by atoms with Gasteiger partial charge in [-0.1, -0.05) is 53.7 Å². The van der Waals surface area contributed by atoms with Crippen LogP contribution in [0.5, 0.6) is 0 Å². The van der Waals surface area contributed by atoms with Gasteiger partial charge in [0, 0.05) is 17.0 Å². The number of pyridine rings is 1. The first-order chi connectivity index (χ1) is 12.0. The van der Waals surface area contributed by atoms with Gasteiger partial charge in [0.1, 0.15) is 0 Å². The lowest BCUT2D eigenvalue weighted by Crippen LogP contribution is -2.24. The normalized spacial score (nSPS) is 10.8. The number of nitrogens with zero attached hydrogens (tertiary/aromatic N) is 1. The maximum atomic E-state index is 12.1. The Labute approximate surface area is 156 Å². The van der Waals surface area contributed by atoms with E-state index in [2.05, 4.69) is 31.3 Å². The minimum atomic E-state index is -0.00992. The fourth-order valence-corrected chi connectivity index (χ4v) is 3.52. The van der Waals surface area contributed by atoms with Gasteiger partial charge in [0.15, 0.2) is 0 Å². The summed E-state index contributed by atoms with van der Waals surface area (Å²) in [6, 6.07) is 15.7. The number of rotatable bonds is 5. The summed E-state index contributed by atoms with van der Waals surface area (Å²) in [6.07, 6.45) is 0. The maximum Gasteiger partial charge on any atom is 0.230 e. The number of halogens is 1. The second-order valence-corrected chi connectivity index (χ2v) is 7.37. The molecule has 2 aromatic carbocycles. The highest BCUT2D eigenvalue weighted by Crippen LogP contribution is 2.25. The van der Waals surface area contributed by atoms with E-state index in [0.717, 1.165) is 27.1 Å². The van der Waals surface area contributed by atoms with Crippen LogP contribution in [-0.2, 0) is 11.3 Å². The van der Waals surface area contributed by atoms with Gasteiger partial charge < -0.3 is 5.32 Å². The molecule has 0 aliphatic carbocycles. The SMILES string of the molecule is Cc1cc(SCC(=O)NCc2ccc(Cl)cc2)nc2c(C)cccc12. The quantitative estimate of drug-likeness (QED) is 0.648. The molecule has 0 aliphatic heterocycles. The van der Waals surface area contributed by atoms with Crippen molar-refractivity contribution in [1.29, 1.82) is 0 Å². The van der Waals surface area contributed by atoms with Crippen LogP contribution in [0.3, 0.4) is 0 Å². The van der Waals surface area contributed by atoms with Gasteiger partial charge in [-0.3, -0.25) is 4.79 Å². The summed E-state index contributed by atoms with van der Waals surface area (Å²) in [7, 11) is 0.